The van der Waals surface area contributed by atoms with E-state index in [2.05, 4.69) is 10.2 Å². The van der Waals surface area contributed by atoms with Gasteiger partial charge < -0.3 is 4.74 Å². The van der Waals surface area contributed by atoms with E-state index in [1.54, 1.807) is 28.8 Å². The third-order valence-corrected chi connectivity index (χ3v) is 6.30. The molecule has 0 radical (unpaired) electrons. The first-order chi connectivity index (χ1) is 15.4. The van der Waals surface area contributed by atoms with Gasteiger partial charge in [-0.3, -0.25) is 4.57 Å². The number of rotatable bonds is 7. The largest absolute Gasteiger partial charge is 0.493 e. The van der Waals surface area contributed by atoms with Crippen molar-refractivity contribution in [3.63, 3.8) is 0 Å². The maximum Gasteiger partial charge on any atom is 0.196 e. The second kappa shape index (κ2) is 10.1. The predicted molar refractivity (Wildman–Crippen MR) is 129 cm³/mol. The summed E-state index contributed by atoms with van der Waals surface area (Å²) in [5.41, 5.74) is 2.43. The molecule has 1 aromatic heterocycles. The van der Waals surface area contributed by atoms with E-state index in [0.29, 0.717) is 44.6 Å². The number of aryl methyl sites for hydroxylation is 1. The number of aromatic nitrogens is 3. The van der Waals surface area contributed by atoms with E-state index in [4.69, 9.17) is 39.5 Å². The van der Waals surface area contributed by atoms with Crippen LogP contribution < -0.4 is 4.74 Å². The number of thioether (sulfide) groups is 1. The Kier molecular flexibility index (Phi) is 7.26. The van der Waals surface area contributed by atoms with E-state index < -0.39 is 5.82 Å². The summed E-state index contributed by atoms with van der Waals surface area (Å²) >= 11 is 20.0. The van der Waals surface area contributed by atoms with Crippen LogP contribution in [0.1, 0.15) is 5.56 Å². The van der Waals surface area contributed by atoms with Crippen LogP contribution >= 0.6 is 46.6 Å². The minimum atomic E-state index is -0.504. The van der Waals surface area contributed by atoms with Gasteiger partial charge in [0.2, 0.25) is 0 Å². The molecular weight excluding hydrogens is 492 g/mol. The molecule has 0 saturated carbocycles. The van der Waals surface area contributed by atoms with E-state index in [1.165, 1.54) is 29.5 Å². The summed E-state index contributed by atoms with van der Waals surface area (Å²) in [7, 11) is 0. The van der Waals surface area contributed by atoms with Crippen LogP contribution in [-0.4, -0.2) is 27.1 Å². The number of halogens is 4. The lowest BCUT2D eigenvalue weighted by molar-refractivity contribution is 0.344. The first kappa shape index (κ1) is 22.9. The van der Waals surface area contributed by atoms with E-state index in [1.807, 2.05) is 31.2 Å². The highest BCUT2D eigenvalue weighted by atomic mass is 35.5. The summed E-state index contributed by atoms with van der Waals surface area (Å²) in [5, 5.41) is 10.2. The molecule has 4 nitrogen and oxygen atoms in total. The second-order valence-electron chi connectivity index (χ2n) is 6.87. The lowest BCUT2D eigenvalue weighted by atomic mass is 10.2. The topological polar surface area (TPSA) is 39.9 Å². The lowest BCUT2D eigenvalue weighted by Gasteiger charge is -2.12. The lowest BCUT2D eigenvalue weighted by Crippen LogP contribution is -2.04. The molecule has 0 aliphatic rings. The molecule has 0 spiro atoms. The molecule has 0 atom stereocenters. The summed E-state index contributed by atoms with van der Waals surface area (Å²) in [6.45, 7) is 2.50. The molecule has 4 aromatic rings. The van der Waals surface area contributed by atoms with Crippen molar-refractivity contribution in [3.05, 3.63) is 87.1 Å². The van der Waals surface area contributed by atoms with Crippen molar-refractivity contribution < 1.29 is 9.13 Å². The van der Waals surface area contributed by atoms with Crippen LogP contribution in [0.25, 0.3) is 17.1 Å². The van der Waals surface area contributed by atoms with Gasteiger partial charge in [0, 0.05) is 16.3 Å². The maximum atomic E-state index is 13.8. The van der Waals surface area contributed by atoms with E-state index in [9.17, 15) is 4.39 Å². The number of hydrogen-bond donors (Lipinski definition) is 0. The van der Waals surface area contributed by atoms with Crippen LogP contribution in [0.5, 0.6) is 5.75 Å². The van der Waals surface area contributed by atoms with Crippen molar-refractivity contribution in [1.82, 2.24) is 14.8 Å². The Labute approximate surface area is 204 Å². The minimum absolute atomic E-state index is 0.00278. The molecule has 9 heteroatoms. The Morgan fingerprint density at radius 2 is 1.72 bits per heavy atom. The van der Waals surface area contributed by atoms with Gasteiger partial charge in [-0.15, -0.1) is 10.2 Å². The number of ether oxygens (including phenoxy) is 1. The fourth-order valence-electron chi connectivity index (χ4n) is 2.99. The highest BCUT2D eigenvalue weighted by Crippen LogP contribution is 2.34. The number of benzene rings is 3. The molecule has 0 saturated heterocycles. The fraction of sp³-hybridized carbons (Fsp3) is 0.130. The van der Waals surface area contributed by atoms with Gasteiger partial charge in [0.25, 0.3) is 0 Å². The molecule has 4 rings (SSSR count). The SMILES string of the molecule is Cc1ccc(OCCSc2nnc(-c3ccc(Cl)cc3Cl)n2-c2ccc(F)c(Cl)c2)cc1. The smallest absolute Gasteiger partial charge is 0.196 e. The zero-order valence-corrected chi connectivity index (χ0v) is 19.9. The molecule has 32 heavy (non-hydrogen) atoms. The van der Waals surface area contributed by atoms with Crippen molar-refractivity contribution in [2.75, 3.05) is 12.4 Å². The molecule has 0 unspecified atom stereocenters. The summed E-state index contributed by atoms with van der Waals surface area (Å²) in [6, 6.07) is 17.4. The Bertz CT molecular complexity index is 1250. The number of nitrogens with zero attached hydrogens (tertiary/aromatic N) is 3. The summed E-state index contributed by atoms with van der Waals surface area (Å²) in [5.74, 6) is 1.41. The molecule has 0 bridgehead atoms. The zero-order valence-electron chi connectivity index (χ0n) is 16.9. The van der Waals surface area contributed by atoms with Crippen LogP contribution in [0.15, 0.2) is 65.8 Å². The molecule has 0 aliphatic carbocycles. The minimum Gasteiger partial charge on any atom is -0.493 e. The average molecular weight is 509 g/mol. The van der Waals surface area contributed by atoms with Crippen LogP contribution in [0, 0.1) is 12.7 Å². The quantitative estimate of drug-likeness (QED) is 0.191. The van der Waals surface area contributed by atoms with Gasteiger partial charge in [0.1, 0.15) is 11.6 Å². The van der Waals surface area contributed by atoms with Gasteiger partial charge in [-0.1, -0.05) is 64.3 Å². The Balaban J connectivity index is 1.62. The zero-order chi connectivity index (χ0) is 22.7. The van der Waals surface area contributed by atoms with Crippen LogP contribution in [0.2, 0.25) is 15.1 Å². The molecule has 0 fully saturated rings. The van der Waals surface area contributed by atoms with Crippen molar-refractivity contribution in [1.29, 1.82) is 0 Å². The fourth-order valence-corrected chi connectivity index (χ4v) is 4.43. The van der Waals surface area contributed by atoms with E-state index in [-0.39, 0.29) is 5.02 Å². The highest BCUT2D eigenvalue weighted by molar-refractivity contribution is 7.99. The second-order valence-corrected chi connectivity index (χ2v) is 9.19. The molecule has 3 aromatic carbocycles. The van der Waals surface area contributed by atoms with Crippen LogP contribution in [0.4, 0.5) is 4.39 Å². The van der Waals surface area contributed by atoms with E-state index in [0.717, 1.165) is 5.75 Å². The Morgan fingerprint density at radius 1 is 0.938 bits per heavy atom. The Hall–Kier alpha value is -2.25. The van der Waals surface area contributed by atoms with E-state index >= 15 is 0 Å². The van der Waals surface area contributed by atoms with Crippen LogP contribution in [0.3, 0.4) is 0 Å². The normalized spacial score (nSPS) is 11.0. The molecule has 0 amide bonds. The highest BCUT2D eigenvalue weighted by Gasteiger charge is 2.19. The van der Waals surface area contributed by atoms with Gasteiger partial charge in [-0.2, -0.15) is 0 Å². The van der Waals surface area contributed by atoms with Gasteiger partial charge in [0.15, 0.2) is 11.0 Å². The standard InChI is InChI=1S/C23H17Cl3FN3OS/c1-14-2-6-17(7-3-14)31-10-11-32-23-29-28-22(18-8-4-15(24)12-19(18)25)30(23)16-5-9-21(27)20(26)13-16/h2-9,12-13H,10-11H2,1H3. The third kappa shape index (κ3) is 5.21. The van der Waals surface area contributed by atoms with Crippen molar-refractivity contribution in [3.8, 4) is 22.8 Å². The van der Waals surface area contributed by atoms with Gasteiger partial charge >= 0.3 is 0 Å². The van der Waals surface area contributed by atoms with Crippen molar-refractivity contribution in [2.45, 2.75) is 12.1 Å². The molecule has 0 aliphatic heterocycles. The first-order valence-corrected chi connectivity index (χ1v) is 11.7. The molecule has 1 heterocycles. The molecule has 164 valence electrons. The molecular formula is C23H17Cl3FN3OS. The summed E-state index contributed by atoms with van der Waals surface area (Å²) < 4.78 is 21.4. The van der Waals surface area contributed by atoms with Crippen LogP contribution in [-0.2, 0) is 0 Å². The molecule has 0 N–H and O–H groups in total. The average Bonchev–Trinajstić information content (AvgIpc) is 3.18. The number of hydrogen-bond acceptors (Lipinski definition) is 4. The monoisotopic (exact) mass is 507 g/mol. The van der Waals surface area contributed by atoms with Gasteiger partial charge in [-0.05, 0) is 55.5 Å². The Morgan fingerprint density at radius 3 is 2.44 bits per heavy atom. The van der Waals surface area contributed by atoms with Crippen molar-refractivity contribution in [2.24, 2.45) is 0 Å². The summed E-state index contributed by atoms with van der Waals surface area (Å²) in [6.07, 6.45) is 0. The van der Waals surface area contributed by atoms with Gasteiger partial charge in [0.05, 0.1) is 22.3 Å². The summed E-state index contributed by atoms with van der Waals surface area (Å²) in [4.78, 5) is 0. The maximum absolute atomic E-state index is 13.8. The van der Waals surface area contributed by atoms with Gasteiger partial charge in [-0.25, -0.2) is 4.39 Å². The third-order valence-electron chi connectivity index (χ3n) is 4.57. The van der Waals surface area contributed by atoms with Crippen molar-refractivity contribution >= 4 is 46.6 Å². The first-order valence-electron chi connectivity index (χ1n) is 9.61. The predicted octanol–water partition coefficient (Wildman–Crippen LogP) is 7.51.